The molecular weight excluding hydrogens is 520 g/mol. The van der Waals surface area contributed by atoms with Crippen LogP contribution in [0.15, 0.2) is 53.7 Å². The van der Waals surface area contributed by atoms with Gasteiger partial charge >= 0.3 is 6.18 Å². The average molecular weight is 543 g/mol. The largest absolute Gasteiger partial charge is 0.493 e. The van der Waals surface area contributed by atoms with Gasteiger partial charge in [0.25, 0.3) is 10.0 Å². The maximum Gasteiger partial charge on any atom is 0.391 e. The highest BCUT2D eigenvalue weighted by Crippen LogP contribution is 2.48. The van der Waals surface area contributed by atoms with E-state index in [1.165, 1.54) is 42.7 Å². The lowest BCUT2D eigenvalue weighted by molar-refractivity contribution is -0.192. The minimum atomic E-state index is -4.32. The van der Waals surface area contributed by atoms with Crippen molar-refractivity contribution in [3.8, 4) is 5.75 Å². The number of alkyl halides is 3. The Morgan fingerprint density at radius 3 is 2.56 bits per heavy atom. The molecule has 1 N–H and O–H groups in total. The van der Waals surface area contributed by atoms with Gasteiger partial charge in [-0.15, -0.1) is 0 Å². The highest BCUT2D eigenvalue weighted by Gasteiger charge is 2.46. The van der Waals surface area contributed by atoms with Crippen molar-refractivity contribution in [1.29, 1.82) is 0 Å². The quantitative estimate of drug-likeness (QED) is 0.440. The first-order valence-corrected chi connectivity index (χ1v) is 13.5. The van der Waals surface area contributed by atoms with Crippen LogP contribution >= 0.6 is 11.5 Å². The average Bonchev–Trinajstić information content (AvgIpc) is 3.35. The summed E-state index contributed by atoms with van der Waals surface area (Å²) in [5, 5.41) is 0.126. The maximum atomic E-state index is 13.6. The summed E-state index contributed by atoms with van der Waals surface area (Å²) in [7, 11) is -3.94. The van der Waals surface area contributed by atoms with E-state index in [0.29, 0.717) is 23.3 Å². The fourth-order valence-electron chi connectivity index (χ4n) is 4.92. The molecule has 1 fully saturated rings. The summed E-state index contributed by atoms with van der Waals surface area (Å²) in [5.74, 6) is -1.55. The van der Waals surface area contributed by atoms with Gasteiger partial charge in [0, 0.05) is 41.7 Å². The number of hydrogen-bond acceptors (Lipinski definition) is 7. The van der Waals surface area contributed by atoms with Crippen LogP contribution in [0.5, 0.6) is 5.75 Å². The fourth-order valence-corrected chi connectivity index (χ4v) is 6.60. The fraction of sp³-hybridized carbons (Fsp3) is 0.391. The third-order valence-electron chi connectivity index (χ3n) is 6.65. The molecule has 36 heavy (non-hydrogen) atoms. The Hall–Kier alpha value is -2.77. The van der Waals surface area contributed by atoms with Gasteiger partial charge in [0.2, 0.25) is 5.13 Å². The van der Waals surface area contributed by atoms with E-state index in [9.17, 15) is 26.0 Å². The van der Waals surface area contributed by atoms with Crippen LogP contribution in [0.2, 0.25) is 0 Å². The van der Waals surface area contributed by atoms with E-state index in [0.717, 1.165) is 11.5 Å². The lowest BCUT2D eigenvalue weighted by Gasteiger charge is -2.46. The molecule has 2 aliphatic heterocycles. The molecule has 1 saturated heterocycles. The van der Waals surface area contributed by atoms with E-state index in [2.05, 4.69) is 14.1 Å². The smallest absolute Gasteiger partial charge is 0.391 e. The highest BCUT2D eigenvalue weighted by atomic mass is 32.2. The Labute approximate surface area is 209 Å². The zero-order chi connectivity index (χ0) is 25.5. The topological polar surface area (TPSA) is 84.4 Å². The van der Waals surface area contributed by atoms with Crippen molar-refractivity contribution in [3.05, 3.63) is 65.7 Å². The van der Waals surface area contributed by atoms with E-state index in [4.69, 9.17) is 4.74 Å². The van der Waals surface area contributed by atoms with Gasteiger partial charge < -0.3 is 4.74 Å². The predicted molar refractivity (Wildman–Crippen MR) is 125 cm³/mol. The minimum absolute atomic E-state index is 0.0250. The number of nitrogens with one attached hydrogen (secondary N) is 1. The zero-order valence-electron chi connectivity index (χ0n) is 18.8. The van der Waals surface area contributed by atoms with Crippen LogP contribution in [0.1, 0.15) is 42.5 Å². The Balaban J connectivity index is 1.46. The third-order valence-corrected chi connectivity index (χ3v) is 8.69. The summed E-state index contributed by atoms with van der Waals surface area (Å²) < 4.78 is 91.9. The van der Waals surface area contributed by atoms with Crippen LogP contribution in [-0.2, 0) is 10.0 Å². The normalized spacial score (nSPS) is 23.1. The van der Waals surface area contributed by atoms with Crippen LogP contribution in [-0.4, -0.2) is 42.0 Å². The Morgan fingerprint density at radius 2 is 1.86 bits per heavy atom. The maximum absolute atomic E-state index is 13.6. The lowest BCUT2D eigenvalue weighted by atomic mass is 9.84. The van der Waals surface area contributed by atoms with Gasteiger partial charge in [-0.05, 0) is 43.1 Å². The SMILES string of the molecule is O=S(=O)(Nc1ncns1)c1ccc2c(c1)OCC[C@@H]2N1CCC(C(F)(F)F)C[C@H]1c1ccc(F)cc1. The molecule has 0 bridgehead atoms. The first kappa shape index (κ1) is 24.9. The van der Waals surface area contributed by atoms with Crippen LogP contribution in [0.3, 0.4) is 0 Å². The van der Waals surface area contributed by atoms with Gasteiger partial charge in [0.05, 0.1) is 17.4 Å². The molecule has 0 spiro atoms. The number of sulfonamides is 1. The third kappa shape index (κ3) is 5.04. The van der Waals surface area contributed by atoms with Gasteiger partial charge in [-0.1, -0.05) is 18.2 Å². The molecule has 2 aromatic carbocycles. The van der Waals surface area contributed by atoms with Gasteiger partial charge in [-0.25, -0.2) is 17.8 Å². The number of anilines is 1. The van der Waals surface area contributed by atoms with E-state index in [-0.39, 0.29) is 42.1 Å². The van der Waals surface area contributed by atoms with Crippen molar-refractivity contribution in [2.45, 2.75) is 42.4 Å². The summed E-state index contributed by atoms with van der Waals surface area (Å²) >= 11 is 0.900. The molecule has 3 atom stereocenters. The summed E-state index contributed by atoms with van der Waals surface area (Å²) in [6.45, 7) is 0.468. The lowest BCUT2D eigenvalue weighted by Crippen LogP contribution is -2.44. The van der Waals surface area contributed by atoms with E-state index < -0.39 is 34.0 Å². The van der Waals surface area contributed by atoms with Crippen molar-refractivity contribution < 1.29 is 30.7 Å². The zero-order valence-corrected chi connectivity index (χ0v) is 20.4. The van der Waals surface area contributed by atoms with Crippen molar-refractivity contribution in [3.63, 3.8) is 0 Å². The molecular formula is C23H22F4N4O3S2. The molecule has 0 saturated carbocycles. The molecule has 1 aromatic heterocycles. The number of fused-ring (bicyclic) bond motifs is 1. The molecule has 192 valence electrons. The Kier molecular flexibility index (Phi) is 6.64. The first-order valence-electron chi connectivity index (χ1n) is 11.3. The summed E-state index contributed by atoms with van der Waals surface area (Å²) in [6.07, 6.45) is -2.74. The van der Waals surface area contributed by atoms with Crippen molar-refractivity contribution in [2.75, 3.05) is 17.9 Å². The highest BCUT2D eigenvalue weighted by molar-refractivity contribution is 7.93. The molecule has 0 radical (unpaired) electrons. The van der Waals surface area contributed by atoms with Gasteiger partial charge in [0.1, 0.15) is 17.9 Å². The molecule has 13 heteroatoms. The van der Waals surface area contributed by atoms with Crippen molar-refractivity contribution >= 4 is 26.7 Å². The summed E-state index contributed by atoms with van der Waals surface area (Å²) in [5.41, 5.74) is 1.31. The molecule has 7 nitrogen and oxygen atoms in total. The second kappa shape index (κ2) is 9.60. The number of benzene rings is 2. The number of nitrogens with zero attached hydrogens (tertiary/aromatic N) is 3. The van der Waals surface area contributed by atoms with Crippen LogP contribution in [0.4, 0.5) is 22.7 Å². The number of piperidine rings is 1. The standard InChI is InChI=1S/C23H22F4N4O3S2/c24-16-3-1-14(2-4-16)20-11-15(23(25,26)27)7-9-31(20)19-8-10-34-21-12-17(5-6-18(19)21)36(32,33)30-22-28-13-29-35-22/h1-6,12-13,15,19-20H,7-11H2,(H,28,29,30)/t15?,19-,20-/m0/s1. The number of aromatic nitrogens is 2. The molecule has 5 rings (SSSR count). The van der Waals surface area contributed by atoms with E-state index in [1.807, 2.05) is 4.90 Å². The van der Waals surface area contributed by atoms with Crippen molar-refractivity contribution in [2.24, 2.45) is 5.92 Å². The first-order chi connectivity index (χ1) is 17.1. The Bertz CT molecular complexity index is 1320. The summed E-state index contributed by atoms with van der Waals surface area (Å²) in [6, 6.07) is 9.21. The molecule has 0 amide bonds. The molecule has 3 heterocycles. The molecule has 3 aromatic rings. The molecule has 0 aliphatic carbocycles. The Morgan fingerprint density at radius 1 is 1.08 bits per heavy atom. The second-order valence-corrected chi connectivity index (χ2v) is 11.2. The van der Waals surface area contributed by atoms with E-state index >= 15 is 0 Å². The van der Waals surface area contributed by atoms with Crippen LogP contribution in [0, 0.1) is 11.7 Å². The van der Waals surface area contributed by atoms with Crippen LogP contribution < -0.4 is 9.46 Å². The monoisotopic (exact) mass is 542 g/mol. The second-order valence-electron chi connectivity index (χ2n) is 8.77. The van der Waals surface area contributed by atoms with E-state index in [1.54, 1.807) is 6.07 Å². The number of hydrogen-bond donors (Lipinski definition) is 1. The number of likely N-dealkylation sites (tertiary alicyclic amines) is 1. The number of rotatable bonds is 5. The minimum Gasteiger partial charge on any atom is -0.493 e. The van der Waals surface area contributed by atoms with Gasteiger partial charge in [-0.3, -0.25) is 9.62 Å². The van der Waals surface area contributed by atoms with Gasteiger partial charge in [0.15, 0.2) is 0 Å². The number of halogens is 4. The van der Waals surface area contributed by atoms with Crippen molar-refractivity contribution in [1.82, 2.24) is 14.3 Å². The predicted octanol–water partition coefficient (Wildman–Crippen LogP) is 5.32. The molecule has 1 unspecified atom stereocenters. The van der Waals surface area contributed by atoms with Crippen LogP contribution in [0.25, 0.3) is 0 Å². The molecule has 2 aliphatic rings. The summed E-state index contributed by atoms with van der Waals surface area (Å²) in [4.78, 5) is 5.81. The number of ether oxygens (including phenoxy) is 1. The van der Waals surface area contributed by atoms with Gasteiger partial charge in [-0.2, -0.15) is 17.5 Å².